The topological polar surface area (TPSA) is 80.4 Å². The fourth-order valence-corrected chi connectivity index (χ4v) is 3.62. The second kappa shape index (κ2) is 7.98. The van der Waals surface area contributed by atoms with Crippen molar-refractivity contribution in [3.63, 3.8) is 0 Å². The molecule has 2 aromatic rings. The number of aromatic nitrogens is 1. The fourth-order valence-electron chi connectivity index (χ4n) is 2.72. The Morgan fingerprint density at radius 2 is 2.04 bits per heavy atom. The second-order valence-electron chi connectivity index (χ2n) is 6.81. The normalized spacial score (nSPS) is 12.9. The molecule has 8 heteroatoms. The molecule has 1 aromatic carbocycles. The predicted molar refractivity (Wildman–Crippen MR) is 106 cm³/mol. The van der Waals surface area contributed by atoms with Crippen LogP contribution in [0.15, 0.2) is 16.7 Å². The number of aromatic amines is 1. The van der Waals surface area contributed by atoms with Crippen LogP contribution >= 0.6 is 27.5 Å². The van der Waals surface area contributed by atoms with E-state index < -0.39 is 17.7 Å². The third-order valence-electron chi connectivity index (χ3n) is 3.78. The molecule has 1 amide bonds. The van der Waals surface area contributed by atoms with E-state index in [4.69, 9.17) is 21.1 Å². The summed E-state index contributed by atoms with van der Waals surface area (Å²) in [4.78, 5) is 27.5. The van der Waals surface area contributed by atoms with Crippen LogP contribution in [0.2, 0.25) is 0 Å². The van der Waals surface area contributed by atoms with Gasteiger partial charge >= 0.3 is 5.97 Å². The number of rotatable bonds is 5. The van der Waals surface area contributed by atoms with E-state index in [1.54, 1.807) is 6.20 Å². The van der Waals surface area contributed by atoms with Gasteiger partial charge in [0.2, 0.25) is 5.91 Å². The first-order valence-electron chi connectivity index (χ1n) is 8.01. The number of ether oxygens (including phenoxy) is 2. The third kappa shape index (κ3) is 4.22. The Balaban J connectivity index is 2.74. The first kappa shape index (κ1) is 20.7. The minimum atomic E-state index is -0.958. The van der Waals surface area contributed by atoms with E-state index in [0.717, 1.165) is 10.9 Å². The van der Waals surface area contributed by atoms with Crippen LogP contribution in [0.3, 0.4) is 0 Å². The number of benzene rings is 1. The summed E-state index contributed by atoms with van der Waals surface area (Å²) in [7, 11) is 1.32. The molecule has 26 heavy (non-hydrogen) atoms. The first-order chi connectivity index (χ1) is 12.1. The van der Waals surface area contributed by atoms with Crippen LogP contribution in [0.25, 0.3) is 10.9 Å². The largest absolute Gasteiger partial charge is 0.467 e. The van der Waals surface area contributed by atoms with Crippen LogP contribution in [0, 0.1) is 6.92 Å². The monoisotopic (exact) mass is 444 g/mol. The van der Waals surface area contributed by atoms with E-state index in [-0.39, 0.29) is 11.8 Å². The number of nitrogens with one attached hydrogen (secondary N) is 2. The zero-order valence-electron chi connectivity index (χ0n) is 15.3. The van der Waals surface area contributed by atoms with Crippen molar-refractivity contribution in [2.45, 2.75) is 39.4 Å². The molecule has 0 bridgehead atoms. The lowest BCUT2D eigenvalue weighted by molar-refractivity contribution is -0.164. The quantitative estimate of drug-likeness (QED) is 0.526. The summed E-state index contributed by atoms with van der Waals surface area (Å²) in [6, 6.07) is 1.85. The minimum Gasteiger partial charge on any atom is -0.467 e. The lowest BCUT2D eigenvalue weighted by atomic mass is 9.97. The molecular weight excluding hydrogens is 424 g/mol. The molecule has 0 radical (unpaired) electrons. The van der Waals surface area contributed by atoms with Crippen molar-refractivity contribution in [1.29, 1.82) is 0 Å². The molecule has 0 saturated heterocycles. The number of hydrogen-bond donors (Lipinski definition) is 2. The SMILES string of the molecule is COC(=O)[C@@H](OC(C)(C)C)c1c(C)c(NC(=O)CCl)c2[nH]ccc2c1Br. The lowest BCUT2D eigenvalue weighted by Crippen LogP contribution is -2.29. The summed E-state index contributed by atoms with van der Waals surface area (Å²) in [6.45, 7) is 7.39. The molecule has 0 saturated carbocycles. The van der Waals surface area contributed by atoms with Gasteiger partial charge in [-0.25, -0.2) is 4.79 Å². The van der Waals surface area contributed by atoms with E-state index in [2.05, 4.69) is 26.2 Å². The molecule has 2 N–H and O–H groups in total. The van der Waals surface area contributed by atoms with Crippen molar-refractivity contribution < 1.29 is 19.1 Å². The van der Waals surface area contributed by atoms with Gasteiger partial charge < -0.3 is 19.8 Å². The Morgan fingerprint density at radius 1 is 1.38 bits per heavy atom. The maximum atomic E-state index is 12.5. The van der Waals surface area contributed by atoms with Crippen LogP contribution in [0.5, 0.6) is 0 Å². The lowest BCUT2D eigenvalue weighted by Gasteiger charge is -2.28. The molecule has 0 fully saturated rings. The van der Waals surface area contributed by atoms with Gasteiger partial charge in [0.15, 0.2) is 6.10 Å². The van der Waals surface area contributed by atoms with E-state index >= 15 is 0 Å². The molecule has 1 heterocycles. The summed E-state index contributed by atoms with van der Waals surface area (Å²) >= 11 is 9.23. The van der Waals surface area contributed by atoms with Gasteiger partial charge in [0.25, 0.3) is 0 Å². The van der Waals surface area contributed by atoms with Gasteiger partial charge in [-0.1, -0.05) is 0 Å². The van der Waals surface area contributed by atoms with Crippen LogP contribution in [0.4, 0.5) is 5.69 Å². The Bertz CT molecular complexity index is 842. The highest BCUT2D eigenvalue weighted by Crippen LogP contribution is 2.42. The minimum absolute atomic E-state index is 0.175. The molecule has 0 aliphatic carbocycles. The Morgan fingerprint density at radius 3 is 2.58 bits per heavy atom. The van der Waals surface area contributed by atoms with Crippen molar-refractivity contribution in [2.75, 3.05) is 18.3 Å². The van der Waals surface area contributed by atoms with E-state index in [1.165, 1.54) is 7.11 Å². The molecule has 6 nitrogen and oxygen atoms in total. The number of carbonyl (C=O) groups is 2. The highest BCUT2D eigenvalue weighted by Gasteiger charge is 2.33. The molecule has 2 rings (SSSR count). The Hall–Kier alpha value is -1.57. The number of methoxy groups -OCH3 is 1. The van der Waals surface area contributed by atoms with Crippen molar-refractivity contribution in [3.05, 3.63) is 27.9 Å². The summed E-state index contributed by atoms with van der Waals surface area (Å²) in [5.74, 6) is -1.04. The molecule has 0 spiro atoms. The van der Waals surface area contributed by atoms with Crippen molar-refractivity contribution in [1.82, 2.24) is 4.98 Å². The van der Waals surface area contributed by atoms with E-state index in [0.29, 0.717) is 21.3 Å². The standard InChI is InChI=1S/C18H22BrClN2O4/c1-9-12(16(17(24)25-5)26-18(2,3)4)13(19)10-6-7-21-15(10)14(9)22-11(23)8-20/h6-7,16,21H,8H2,1-5H3,(H,22,23)/t16-/m0/s1. The zero-order chi connectivity index (χ0) is 19.6. The van der Waals surface area contributed by atoms with Gasteiger partial charge in [0.05, 0.1) is 23.9 Å². The van der Waals surface area contributed by atoms with E-state index in [9.17, 15) is 9.59 Å². The van der Waals surface area contributed by atoms with Gasteiger partial charge in [0, 0.05) is 21.6 Å². The zero-order valence-corrected chi connectivity index (χ0v) is 17.7. The average molecular weight is 446 g/mol. The number of esters is 1. The number of fused-ring (bicyclic) bond motifs is 1. The molecule has 0 aliphatic heterocycles. The number of hydrogen-bond acceptors (Lipinski definition) is 4. The average Bonchev–Trinajstić information content (AvgIpc) is 3.05. The molecule has 142 valence electrons. The number of alkyl halides is 1. The van der Waals surface area contributed by atoms with Crippen LogP contribution in [-0.4, -0.2) is 35.5 Å². The summed E-state index contributed by atoms with van der Waals surface area (Å²) in [6.07, 6.45) is 0.799. The van der Waals surface area contributed by atoms with Gasteiger partial charge in [-0.3, -0.25) is 4.79 Å². The number of anilines is 1. The molecular formula is C18H22BrClN2O4. The number of carbonyl (C=O) groups excluding carboxylic acids is 2. The third-order valence-corrected chi connectivity index (χ3v) is 4.88. The highest BCUT2D eigenvalue weighted by molar-refractivity contribution is 9.10. The molecule has 0 unspecified atom stereocenters. The molecule has 0 aliphatic rings. The summed E-state index contributed by atoms with van der Waals surface area (Å²) in [5.41, 5.74) is 1.99. The van der Waals surface area contributed by atoms with Gasteiger partial charge in [-0.15, -0.1) is 11.6 Å². The van der Waals surface area contributed by atoms with Crippen molar-refractivity contribution in [2.24, 2.45) is 0 Å². The Labute approximate surface area is 165 Å². The fraction of sp³-hybridized carbons (Fsp3) is 0.444. The van der Waals surface area contributed by atoms with Gasteiger partial charge in [0.1, 0.15) is 5.88 Å². The van der Waals surface area contributed by atoms with Crippen molar-refractivity contribution in [3.8, 4) is 0 Å². The molecule has 1 atom stereocenters. The predicted octanol–water partition coefficient (Wildman–Crippen LogP) is 4.45. The summed E-state index contributed by atoms with van der Waals surface area (Å²) in [5, 5.41) is 3.61. The van der Waals surface area contributed by atoms with Gasteiger partial charge in [-0.05, 0) is 55.3 Å². The number of halogens is 2. The number of amides is 1. The van der Waals surface area contributed by atoms with E-state index in [1.807, 2.05) is 33.8 Å². The maximum Gasteiger partial charge on any atom is 0.339 e. The summed E-state index contributed by atoms with van der Waals surface area (Å²) < 4.78 is 11.7. The number of H-pyrrole nitrogens is 1. The smallest absolute Gasteiger partial charge is 0.339 e. The first-order valence-corrected chi connectivity index (χ1v) is 9.34. The highest BCUT2D eigenvalue weighted by atomic mass is 79.9. The second-order valence-corrected chi connectivity index (χ2v) is 7.87. The Kier molecular flexibility index (Phi) is 6.37. The van der Waals surface area contributed by atoms with Crippen LogP contribution < -0.4 is 5.32 Å². The molecule has 1 aromatic heterocycles. The van der Waals surface area contributed by atoms with Gasteiger partial charge in [-0.2, -0.15) is 0 Å². The van der Waals surface area contributed by atoms with Crippen LogP contribution in [0.1, 0.15) is 38.0 Å². The van der Waals surface area contributed by atoms with Crippen LogP contribution in [-0.2, 0) is 19.1 Å². The maximum absolute atomic E-state index is 12.5. The van der Waals surface area contributed by atoms with Crippen molar-refractivity contribution >= 4 is 56.0 Å².